The van der Waals surface area contributed by atoms with E-state index in [1.807, 2.05) is 36.4 Å². The third-order valence-electron chi connectivity index (χ3n) is 6.25. The highest BCUT2D eigenvalue weighted by Gasteiger charge is 2.37. The molecule has 170 valence electrons. The lowest BCUT2D eigenvalue weighted by Gasteiger charge is -2.30. The average molecular weight is 461 g/mol. The Labute approximate surface area is 198 Å². The van der Waals surface area contributed by atoms with E-state index in [1.54, 1.807) is 18.4 Å². The Bertz CT molecular complexity index is 1190. The van der Waals surface area contributed by atoms with Gasteiger partial charge in [-0.1, -0.05) is 37.3 Å². The molecule has 2 heterocycles. The molecule has 2 N–H and O–H groups in total. The van der Waals surface area contributed by atoms with Crippen LogP contribution >= 0.6 is 11.3 Å². The van der Waals surface area contributed by atoms with Crippen molar-refractivity contribution < 1.29 is 14.3 Å². The van der Waals surface area contributed by atoms with Gasteiger partial charge in [0.05, 0.1) is 31.1 Å². The average Bonchev–Trinajstić information content (AvgIpc) is 3.31. The quantitative estimate of drug-likeness (QED) is 0.438. The molecule has 6 heteroatoms. The fourth-order valence-corrected chi connectivity index (χ4v) is 5.56. The zero-order chi connectivity index (χ0) is 22.8. The summed E-state index contributed by atoms with van der Waals surface area (Å²) in [6, 6.07) is 17.9. The van der Waals surface area contributed by atoms with Gasteiger partial charge < -0.3 is 20.1 Å². The van der Waals surface area contributed by atoms with E-state index in [1.165, 1.54) is 4.88 Å². The molecule has 0 fully saturated rings. The zero-order valence-electron chi connectivity index (χ0n) is 18.9. The van der Waals surface area contributed by atoms with E-state index in [4.69, 9.17) is 9.47 Å². The van der Waals surface area contributed by atoms with Crippen LogP contribution in [0.25, 0.3) is 0 Å². The van der Waals surface area contributed by atoms with Gasteiger partial charge >= 0.3 is 0 Å². The Morgan fingerprint density at radius 1 is 1.03 bits per heavy atom. The molecule has 33 heavy (non-hydrogen) atoms. The van der Waals surface area contributed by atoms with Crippen LogP contribution in [0.1, 0.15) is 48.6 Å². The van der Waals surface area contributed by atoms with Crippen LogP contribution in [0.3, 0.4) is 0 Å². The van der Waals surface area contributed by atoms with Crippen molar-refractivity contribution in [2.24, 2.45) is 0 Å². The number of ketones is 1. The van der Waals surface area contributed by atoms with Crippen LogP contribution < -0.4 is 20.1 Å². The molecule has 5 rings (SSSR count). The Hall–Kier alpha value is -3.25. The number of hydrogen-bond acceptors (Lipinski definition) is 6. The minimum Gasteiger partial charge on any atom is -0.493 e. The summed E-state index contributed by atoms with van der Waals surface area (Å²) in [6.45, 7) is 2.66. The number of ether oxygens (including phenoxy) is 2. The van der Waals surface area contributed by atoms with E-state index in [2.05, 4.69) is 41.1 Å². The van der Waals surface area contributed by atoms with Crippen LogP contribution in [0.5, 0.6) is 11.5 Å². The molecule has 0 spiro atoms. The molecule has 1 aliphatic carbocycles. The fourth-order valence-electron chi connectivity index (χ4n) is 4.73. The van der Waals surface area contributed by atoms with Gasteiger partial charge in [0, 0.05) is 34.0 Å². The molecular formula is C27H28N2O3S. The largest absolute Gasteiger partial charge is 0.493 e. The van der Waals surface area contributed by atoms with E-state index in [9.17, 15) is 4.79 Å². The maximum atomic E-state index is 13.7. The standard InChI is InChI=1S/C27H28N2O3S/c1-3-13-32-27-18(8-6-11-23(27)31-2)26-25-21(28-19-9-4-5-10-20(19)29-26)15-17(16-22(25)30)24-12-7-14-33-24/h4-12,14,17,26,28-29H,3,13,15-16H2,1-2H3. The number of benzene rings is 2. The summed E-state index contributed by atoms with van der Waals surface area (Å²) in [7, 11) is 1.65. The van der Waals surface area contributed by atoms with Crippen LogP contribution in [-0.4, -0.2) is 19.5 Å². The minimum atomic E-state index is -0.338. The highest BCUT2D eigenvalue weighted by atomic mass is 32.1. The number of carbonyl (C=O) groups excluding carboxylic acids is 1. The zero-order valence-corrected chi connectivity index (χ0v) is 19.7. The van der Waals surface area contributed by atoms with Crippen molar-refractivity contribution >= 4 is 28.5 Å². The number of hydrogen-bond donors (Lipinski definition) is 2. The normalized spacial score (nSPS) is 19.6. The van der Waals surface area contributed by atoms with Gasteiger partial charge in [-0.2, -0.15) is 0 Å². The number of Topliss-reactive ketones (excluding diaryl/α,β-unsaturated/α-hetero) is 1. The lowest BCUT2D eigenvalue weighted by Crippen LogP contribution is -2.27. The first-order valence-corrected chi connectivity index (χ1v) is 12.3. The number of thiophene rings is 1. The summed E-state index contributed by atoms with van der Waals surface area (Å²) >= 11 is 1.72. The second-order valence-electron chi connectivity index (χ2n) is 8.41. The third-order valence-corrected chi connectivity index (χ3v) is 7.28. The van der Waals surface area contributed by atoms with Crippen LogP contribution in [0.15, 0.2) is 71.2 Å². The summed E-state index contributed by atoms with van der Waals surface area (Å²) in [5.41, 5.74) is 4.62. The Morgan fingerprint density at radius 3 is 2.64 bits per heavy atom. The molecule has 3 aromatic rings. The maximum Gasteiger partial charge on any atom is 0.166 e. The number of fused-ring (bicyclic) bond motifs is 1. The number of rotatable bonds is 6. The van der Waals surface area contributed by atoms with E-state index in [0.717, 1.165) is 41.1 Å². The van der Waals surface area contributed by atoms with Crippen molar-refractivity contribution in [3.05, 3.63) is 81.7 Å². The second kappa shape index (κ2) is 9.32. The number of methoxy groups -OCH3 is 1. The Kier molecular flexibility index (Phi) is 6.09. The highest BCUT2D eigenvalue weighted by Crippen LogP contribution is 2.47. The maximum absolute atomic E-state index is 13.7. The lowest BCUT2D eigenvalue weighted by atomic mass is 9.80. The summed E-state index contributed by atoms with van der Waals surface area (Å²) < 4.78 is 11.8. The third kappa shape index (κ3) is 4.11. The van der Waals surface area contributed by atoms with Crippen molar-refractivity contribution in [3.8, 4) is 11.5 Å². The van der Waals surface area contributed by atoms with Crippen LogP contribution in [0.4, 0.5) is 11.4 Å². The molecule has 0 radical (unpaired) electrons. The van der Waals surface area contributed by atoms with Crippen LogP contribution in [-0.2, 0) is 4.79 Å². The van der Waals surface area contributed by atoms with Crippen molar-refractivity contribution in [2.75, 3.05) is 24.4 Å². The summed E-state index contributed by atoms with van der Waals surface area (Å²) in [4.78, 5) is 15.0. The number of carbonyl (C=O) groups is 1. The van der Waals surface area contributed by atoms with Gasteiger partial charge in [0.25, 0.3) is 0 Å². The first kappa shape index (κ1) is 21.6. The SMILES string of the molecule is CCCOc1c(OC)cccc1C1Nc2ccccc2NC2=C1C(=O)CC(c1cccs1)C2. The van der Waals surface area contributed by atoms with E-state index < -0.39 is 0 Å². The molecule has 0 saturated heterocycles. The number of allylic oxidation sites excluding steroid dienone is 1. The van der Waals surface area contributed by atoms with Gasteiger partial charge in [-0.25, -0.2) is 0 Å². The predicted molar refractivity (Wildman–Crippen MR) is 134 cm³/mol. The van der Waals surface area contributed by atoms with Crippen LogP contribution in [0, 0.1) is 0 Å². The van der Waals surface area contributed by atoms with E-state index in [-0.39, 0.29) is 17.7 Å². The van der Waals surface area contributed by atoms with Crippen molar-refractivity contribution in [3.63, 3.8) is 0 Å². The molecule has 0 amide bonds. The Morgan fingerprint density at radius 2 is 1.88 bits per heavy atom. The van der Waals surface area contributed by atoms with Gasteiger partial charge in [-0.3, -0.25) is 4.79 Å². The van der Waals surface area contributed by atoms with Crippen LogP contribution in [0.2, 0.25) is 0 Å². The predicted octanol–water partition coefficient (Wildman–Crippen LogP) is 6.53. The summed E-state index contributed by atoms with van der Waals surface area (Å²) in [5, 5.41) is 9.33. The monoisotopic (exact) mass is 460 g/mol. The van der Waals surface area contributed by atoms with Gasteiger partial charge in [-0.15, -0.1) is 11.3 Å². The first-order valence-electron chi connectivity index (χ1n) is 11.4. The number of nitrogens with one attached hydrogen (secondary N) is 2. The summed E-state index contributed by atoms with van der Waals surface area (Å²) in [5.74, 6) is 1.72. The first-order chi connectivity index (χ1) is 16.2. The molecule has 5 nitrogen and oxygen atoms in total. The van der Waals surface area contributed by atoms with Gasteiger partial charge in [0.1, 0.15) is 0 Å². The molecule has 1 aliphatic heterocycles. The topological polar surface area (TPSA) is 59.6 Å². The van der Waals surface area contributed by atoms with Crippen molar-refractivity contribution in [2.45, 2.75) is 38.1 Å². The van der Waals surface area contributed by atoms with Gasteiger partial charge in [0.15, 0.2) is 17.3 Å². The molecule has 0 saturated carbocycles. The second-order valence-corrected chi connectivity index (χ2v) is 9.39. The van der Waals surface area contributed by atoms with E-state index >= 15 is 0 Å². The highest BCUT2D eigenvalue weighted by molar-refractivity contribution is 7.10. The number of para-hydroxylation sites is 3. The molecule has 2 aliphatic rings. The molecule has 1 aromatic heterocycles. The van der Waals surface area contributed by atoms with Crippen molar-refractivity contribution in [1.82, 2.24) is 0 Å². The molecule has 2 aromatic carbocycles. The number of anilines is 2. The van der Waals surface area contributed by atoms with Crippen molar-refractivity contribution in [1.29, 1.82) is 0 Å². The molecular weight excluding hydrogens is 432 g/mol. The lowest BCUT2D eigenvalue weighted by molar-refractivity contribution is -0.116. The molecule has 2 unspecified atom stereocenters. The minimum absolute atomic E-state index is 0.164. The van der Waals surface area contributed by atoms with Gasteiger partial charge in [-0.05, 0) is 42.5 Å². The fraction of sp³-hybridized carbons (Fsp3) is 0.296. The van der Waals surface area contributed by atoms with Gasteiger partial charge in [0.2, 0.25) is 0 Å². The molecule has 0 bridgehead atoms. The Balaban J connectivity index is 1.65. The summed E-state index contributed by atoms with van der Waals surface area (Å²) in [6.07, 6.45) is 2.18. The van der Waals surface area contributed by atoms with E-state index in [0.29, 0.717) is 24.5 Å². The molecule has 2 atom stereocenters. The smallest absolute Gasteiger partial charge is 0.166 e.